The highest BCUT2D eigenvalue weighted by Crippen LogP contribution is 2.24. The van der Waals surface area contributed by atoms with Crippen molar-refractivity contribution in [2.75, 3.05) is 27.2 Å². The molecule has 0 radical (unpaired) electrons. The van der Waals surface area contributed by atoms with Gasteiger partial charge in [-0.3, -0.25) is 9.88 Å². The zero-order chi connectivity index (χ0) is 13.7. The van der Waals surface area contributed by atoms with Crippen molar-refractivity contribution in [1.29, 1.82) is 0 Å². The maximum absolute atomic E-state index is 5.63. The Labute approximate surface area is 116 Å². The van der Waals surface area contributed by atoms with Gasteiger partial charge in [0.25, 0.3) is 0 Å². The summed E-state index contributed by atoms with van der Waals surface area (Å²) in [6.07, 6.45) is 4.31. The fourth-order valence-corrected chi connectivity index (χ4v) is 2.70. The van der Waals surface area contributed by atoms with Crippen LogP contribution in [-0.2, 0) is 17.8 Å². The first kappa shape index (κ1) is 14.4. The number of nitrogens with one attached hydrogen (secondary N) is 1. The summed E-state index contributed by atoms with van der Waals surface area (Å²) in [5.74, 6) is 0. The average molecular weight is 263 g/mol. The fraction of sp³-hybridized carbons (Fsp3) is 0.667. The summed E-state index contributed by atoms with van der Waals surface area (Å²) in [7, 11) is 3.77. The van der Waals surface area contributed by atoms with E-state index in [1.165, 1.54) is 12.0 Å². The first-order valence-corrected chi connectivity index (χ1v) is 7.01. The lowest BCUT2D eigenvalue weighted by molar-refractivity contribution is -0.0529. The van der Waals surface area contributed by atoms with Crippen molar-refractivity contribution in [3.63, 3.8) is 0 Å². The quantitative estimate of drug-likeness (QED) is 0.879. The molecule has 1 saturated heterocycles. The first-order chi connectivity index (χ1) is 9.15. The molecular formula is C15H25N3O. The SMILES string of the molecule is CNCc1ccc(CN2CCCC(C)(OC)C2)nc1. The maximum Gasteiger partial charge on any atom is 0.0777 e. The van der Waals surface area contributed by atoms with E-state index in [-0.39, 0.29) is 5.60 Å². The Hall–Kier alpha value is -0.970. The Morgan fingerprint density at radius 1 is 1.47 bits per heavy atom. The monoisotopic (exact) mass is 263 g/mol. The van der Waals surface area contributed by atoms with Crippen molar-refractivity contribution in [3.05, 3.63) is 29.6 Å². The van der Waals surface area contributed by atoms with Gasteiger partial charge in [0.2, 0.25) is 0 Å². The fourth-order valence-electron chi connectivity index (χ4n) is 2.70. The van der Waals surface area contributed by atoms with Crippen LogP contribution < -0.4 is 5.32 Å². The molecule has 0 saturated carbocycles. The highest BCUT2D eigenvalue weighted by atomic mass is 16.5. The Morgan fingerprint density at radius 3 is 2.95 bits per heavy atom. The summed E-state index contributed by atoms with van der Waals surface area (Å²) in [4.78, 5) is 6.98. The highest BCUT2D eigenvalue weighted by molar-refractivity contribution is 5.14. The molecule has 0 spiro atoms. The van der Waals surface area contributed by atoms with Crippen molar-refractivity contribution in [2.24, 2.45) is 0 Å². The lowest BCUT2D eigenvalue weighted by Gasteiger charge is -2.39. The molecule has 2 heterocycles. The van der Waals surface area contributed by atoms with Gasteiger partial charge >= 0.3 is 0 Å². The number of pyridine rings is 1. The standard InChI is InChI=1S/C15H25N3O/c1-15(19-3)7-4-8-18(12-15)11-14-6-5-13(9-16-2)10-17-14/h5-6,10,16H,4,7-9,11-12H2,1-3H3. The second kappa shape index (κ2) is 6.46. The normalized spacial score (nSPS) is 24.6. The van der Waals surface area contributed by atoms with Gasteiger partial charge in [-0.25, -0.2) is 0 Å². The number of hydrogen-bond acceptors (Lipinski definition) is 4. The van der Waals surface area contributed by atoms with Gasteiger partial charge in [-0.05, 0) is 45.0 Å². The van der Waals surface area contributed by atoms with Crippen LogP contribution in [0.1, 0.15) is 31.0 Å². The molecule has 1 fully saturated rings. The van der Waals surface area contributed by atoms with Gasteiger partial charge in [0, 0.05) is 32.9 Å². The molecule has 4 nitrogen and oxygen atoms in total. The van der Waals surface area contributed by atoms with Crippen LogP contribution in [-0.4, -0.2) is 42.7 Å². The van der Waals surface area contributed by atoms with Crippen molar-refractivity contribution in [2.45, 2.75) is 38.5 Å². The third-order valence-electron chi connectivity index (χ3n) is 3.88. The topological polar surface area (TPSA) is 37.4 Å². The lowest BCUT2D eigenvalue weighted by atomic mass is 9.94. The van der Waals surface area contributed by atoms with Crippen molar-refractivity contribution in [3.8, 4) is 0 Å². The number of aromatic nitrogens is 1. The molecule has 19 heavy (non-hydrogen) atoms. The van der Waals surface area contributed by atoms with Gasteiger partial charge in [0.1, 0.15) is 0 Å². The number of ether oxygens (including phenoxy) is 1. The Balaban J connectivity index is 1.93. The molecule has 0 aliphatic carbocycles. The van der Waals surface area contributed by atoms with Gasteiger partial charge in [-0.15, -0.1) is 0 Å². The summed E-state index contributed by atoms with van der Waals surface area (Å²) in [6.45, 7) is 6.11. The predicted octanol–water partition coefficient (Wildman–Crippen LogP) is 1.80. The van der Waals surface area contributed by atoms with Crippen LogP contribution in [0.25, 0.3) is 0 Å². The number of methoxy groups -OCH3 is 1. The molecule has 1 aromatic heterocycles. The molecule has 106 valence electrons. The van der Waals surface area contributed by atoms with Crippen LogP contribution in [0.2, 0.25) is 0 Å². The van der Waals surface area contributed by atoms with Crippen LogP contribution in [0.3, 0.4) is 0 Å². The third-order valence-corrected chi connectivity index (χ3v) is 3.88. The van der Waals surface area contributed by atoms with Gasteiger partial charge in [0.15, 0.2) is 0 Å². The Morgan fingerprint density at radius 2 is 2.32 bits per heavy atom. The van der Waals surface area contributed by atoms with Crippen LogP contribution in [0.15, 0.2) is 18.3 Å². The number of likely N-dealkylation sites (tertiary alicyclic amines) is 1. The van der Waals surface area contributed by atoms with E-state index >= 15 is 0 Å². The maximum atomic E-state index is 5.63. The highest BCUT2D eigenvalue weighted by Gasteiger charge is 2.30. The molecule has 0 bridgehead atoms. The van der Waals surface area contributed by atoms with Gasteiger partial charge in [0.05, 0.1) is 11.3 Å². The smallest absolute Gasteiger partial charge is 0.0777 e. The molecule has 1 aliphatic rings. The van der Waals surface area contributed by atoms with Gasteiger partial charge in [-0.2, -0.15) is 0 Å². The van der Waals surface area contributed by atoms with E-state index in [1.54, 1.807) is 0 Å². The molecule has 1 aromatic rings. The number of hydrogen-bond donors (Lipinski definition) is 1. The van der Waals surface area contributed by atoms with Crippen LogP contribution in [0.5, 0.6) is 0 Å². The molecule has 2 rings (SSSR count). The van der Waals surface area contributed by atoms with Crippen LogP contribution >= 0.6 is 0 Å². The van der Waals surface area contributed by atoms with Crippen LogP contribution in [0.4, 0.5) is 0 Å². The molecular weight excluding hydrogens is 238 g/mol. The van der Waals surface area contributed by atoms with Crippen molar-refractivity contribution >= 4 is 0 Å². The molecule has 1 atom stereocenters. The number of nitrogens with zero attached hydrogens (tertiary/aromatic N) is 2. The summed E-state index contributed by atoms with van der Waals surface area (Å²) in [5, 5.41) is 3.14. The predicted molar refractivity (Wildman–Crippen MR) is 76.9 cm³/mol. The largest absolute Gasteiger partial charge is 0.377 e. The van der Waals surface area contributed by atoms with E-state index in [2.05, 4.69) is 34.3 Å². The molecule has 0 amide bonds. The summed E-state index contributed by atoms with van der Waals surface area (Å²) in [6, 6.07) is 4.28. The van der Waals surface area contributed by atoms with E-state index < -0.39 is 0 Å². The number of piperidine rings is 1. The van der Waals surface area contributed by atoms with Gasteiger partial charge in [-0.1, -0.05) is 6.07 Å². The Kier molecular flexibility index (Phi) is 4.91. The van der Waals surface area contributed by atoms with E-state index in [4.69, 9.17) is 4.74 Å². The summed E-state index contributed by atoms with van der Waals surface area (Å²) >= 11 is 0. The zero-order valence-electron chi connectivity index (χ0n) is 12.3. The lowest BCUT2D eigenvalue weighted by Crippen LogP contribution is -2.46. The van der Waals surface area contributed by atoms with E-state index in [0.29, 0.717) is 0 Å². The van der Waals surface area contributed by atoms with E-state index in [0.717, 1.165) is 38.3 Å². The van der Waals surface area contributed by atoms with E-state index in [9.17, 15) is 0 Å². The second-order valence-corrected chi connectivity index (χ2v) is 5.66. The molecule has 1 unspecified atom stereocenters. The minimum absolute atomic E-state index is 0.00429. The van der Waals surface area contributed by atoms with Crippen molar-refractivity contribution < 1.29 is 4.74 Å². The average Bonchev–Trinajstić information content (AvgIpc) is 2.42. The molecule has 4 heteroatoms. The molecule has 1 N–H and O–H groups in total. The third kappa shape index (κ3) is 4.00. The van der Waals surface area contributed by atoms with Gasteiger partial charge < -0.3 is 10.1 Å². The zero-order valence-corrected chi connectivity index (χ0v) is 12.3. The Bertz CT molecular complexity index is 393. The second-order valence-electron chi connectivity index (χ2n) is 5.66. The summed E-state index contributed by atoms with van der Waals surface area (Å²) in [5.41, 5.74) is 2.37. The molecule has 0 aromatic carbocycles. The van der Waals surface area contributed by atoms with Crippen LogP contribution in [0, 0.1) is 0 Å². The van der Waals surface area contributed by atoms with Crippen molar-refractivity contribution in [1.82, 2.24) is 15.2 Å². The van der Waals surface area contributed by atoms with E-state index in [1.807, 2.05) is 20.4 Å². The molecule has 1 aliphatic heterocycles. The first-order valence-electron chi connectivity index (χ1n) is 7.01. The summed E-state index contributed by atoms with van der Waals surface area (Å²) < 4.78 is 5.63. The minimum Gasteiger partial charge on any atom is -0.377 e. The minimum atomic E-state index is 0.00429. The number of rotatable bonds is 5.